The summed E-state index contributed by atoms with van der Waals surface area (Å²) in [5.41, 5.74) is 1.67. The molecule has 3 rings (SSSR count). The predicted molar refractivity (Wildman–Crippen MR) is 106 cm³/mol. The van der Waals surface area contributed by atoms with Gasteiger partial charge in [-0.05, 0) is 48.2 Å². The van der Waals surface area contributed by atoms with Crippen LogP contribution in [0.1, 0.15) is 37.1 Å². The summed E-state index contributed by atoms with van der Waals surface area (Å²) in [4.78, 5) is 15.8. The van der Waals surface area contributed by atoms with E-state index in [1.165, 1.54) is 16.6 Å². The maximum absolute atomic E-state index is 13.1. The van der Waals surface area contributed by atoms with Crippen LogP contribution < -0.4 is 0 Å². The zero-order valence-electron chi connectivity index (χ0n) is 15.4. The Morgan fingerprint density at radius 2 is 2.21 bits per heavy atom. The smallest absolute Gasteiger partial charge is 0.327 e. The summed E-state index contributed by atoms with van der Waals surface area (Å²) in [6, 6.07) is 1.06. The van der Waals surface area contributed by atoms with Gasteiger partial charge in [0, 0.05) is 24.5 Å². The van der Waals surface area contributed by atoms with Crippen LogP contribution in [0.25, 0.3) is 0 Å². The van der Waals surface area contributed by atoms with Crippen LogP contribution >= 0.6 is 27.5 Å². The zero-order valence-corrected chi connectivity index (χ0v) is 18.6. The second-order valence-corrected chi connectivity index (χ2v) is 9.59. The Balaban J connectivity index is 1.90. The van der Waals surface area contributed by atoms with Gasteiger partial charge >= 0.3 is 5.97 Å². The van der Waals surface area contributed by atoms with E-state index >= 15 is 0 Å². The van der Waals surface area contributed by atoms with Gasteiger partial charge in [-0.15, -0.1) is 0 Å². The number of pyridine rings is 1. The molecule has 1 aliphatic carbocycles. The minimum absolute atomic E-state index is 0.0143. The molecule has 0 aromatic carbocycles. The van der Waals surface area contributed by atoms with Gasteiger partial charge in [0.05, 0.1) is 23.3 Å². The summed E-state index contributed by atoms with van der Waals surface area (Å²) in [6.45, 7) is 2.06. The Morgan fingerprint density at radius 3 is 2.89 bits per heavy atom. The highest BCUT2D eigenvalue weighted by Gasteiger charge is 2.34. The van der Waals surface area contributed by atoms with Crippen molar-refractivity contribution in [3.05, 3.63) is 39.3 Å². The van der Waals surface area contributed by atoms with Crippen molar-refractivity contribution in [3.8, 4) is 0 Å². The highest BCUT2D eigenvalue weighted by molar-refractivity contribution is 9.10. The number of hydrogen-bond acceptors (Lipinski definition) is 6. The molecule has 0 bridgehead atoms. The van der Waals surface area contributed by atoms with E-state index in [1.54, 1.807) is 24.9 Å². The first-order valence-corrected chi connectivity index (χ1v) is 11.4. The van der Waals surface area contributed by atoms with Crippen molar-refractivity contribution >= 4 is 43.5 Å². The maximum atomic E-state index is 13.1. The number of esters is 1. The molecule has 1 aliphatic rings. The van der Waals surface area contributed by atoms with Crippen LogP contribution in [0.4, 0.5) is 0 Å². The number of hydrogen-bond donors (Lipinski definition) is 0. The van der Waals surface area contributed by atoms with E-state index in [9.17, 15) is 13.2 Å². The van der Waals surface area contributed by atoms with Crippen LogP contribution in [-0.4, -0.2) is 47.1 Å². The van der Waals surface area contributed by atoms with Gasteiger partial charge in [-0.2, -0.15) is 9.40 Å². The van der Waals surface area contributed by atoms with Gasteiger partial charge < -0.3 is 4.74 Å². The van der Waals surface area contributed by atoms with Gasteiger partial charge in [0.2, 0.25) is 10.0 Å². The van der Waals surface area contributed by atoms with E-state index < -0.39 is 10.0 Å². The highest BCUT2D eigenvalue weighted by atomic mass is 79.9. The molecule has 0 fully saturated rings. The van der Waals surface area contributed by atoms with Gasteiger partial charge in [-0.1, -0.05) is 11.6 Å². The van der Waals surface area contributed by atoms with E-state index in [0.717, 1.165) is 24.1 Å². The van der Waals surface area contributed by atoms with Gasteiger partial charge in [0.25, 0.3) is 0 Å². The molecule has 2 aromatic rings. The molecule has 0 saturated heterocycles. The van der Waals surface area contributed by atoms with Crippen LogP contribution in [0, 0.1) is 0 Å². The summed E-state index contributed by atoms with van der Waals surface area (Å²) < 4.78 is 34.5. The number of fused-ring (bicyclic) bond motifs is 1. The quantitative estimate of drug-likeness (QED) is 0.455. The molecule has 2 aromatic heterocycles. The first-order valence-electron chi connectivity index (χ1n) is 8.75. The molecule has 1 unspecified atom stereocenters. The Labute approximate surface area is 177 Å². The average molecular weight is 492 g/mol. The molecule has 2 heterocycles. The molecule has 0 radical (unpaired) electrons. The molecule has 0 N–H and O–H groups in total. The molecule has 0 saturated carbocycles. The molecule has 152 valence electrons. The Kier molecular flexibility index (Phi) is 6.43. The van der Waals surface area contributed by atoms with Crippen molar-refractivity contribution in [3.63, 3.8) is 0 Å². The van der Waals surface area contributed by atoms with E-state index in [4.69, 9.17) is 16.3 Å². The average Bonchev–Trinajstić information content (AvgIpc) is 3.06. The molecule has 0 spiro atoms. The van der Waals surface area contributed by atoms with Crippen LogP contribution in [0.15, 0.2) is 27.8 Å². The molecular formula is C17H20BrClN4O4S. The van der Waals surface area contributed by atoms with Crippen LogP contribution in [0.2, 0.25) is 5.15 Å². The van der Waals surface area contributed by atoms with E-state index in [2.05, 4.69) is 26.0 Å². The topological polar surface area (TPSA) is 94.4 Å². The number of sulfonamides is 1. The lowest BCUT2D eigenvalue weighted by Gasteiger charge is -2.30. The van der Waals surface area contributed by atoms with E-state index in [0.29, 0.717) is 17.5 Å². The maximum Gasteiger partial charge on any atom is 0.327 e. The largest absolute Gasteiger partial charge is 0.465 e. The van der Waals surface area contributed by atoms with Gasteiger partial charge in [-0.25, -0.2) is 13.4 Å². The predicted octanol–water partition coefficient (Wildman–Crippen LogP) is 2.96. The third kappa shape index (κ3) is 4.10. The van der Waals surface area contributed by atoms with Crippen molar-refractivity contribution in [2.45, 2.75) is 43.7 Å². The summed E-state index contributed by atoms with van der Waals surface area (Å²) in [6.07, 6.45) is 5.06. The molecule has 0 aliphatic heterocycles. The Morgan fingerprint density at radius 1 is 1.46 bits per heavy atom. The lowest BCUT2D eigenvalue weighted by atomic mass is 9.93. The molecule has 28 heavy (non-hydrogen) atoms. The Hall–Kier alpha value is -1.49. The fourth-order valence-corrected chi connectivity index (χ4v) is 5.26. The second kappa shape index (κ2) is 8.48. The highest BCUT2D eigenvalue weighted by Crippen LogP contribution is 2.37. The van der Waals surface area contributed by atoms with Gasteiger partial charge in [-0.3, -0.25) is 9.48 Å². The summed E-state index contributed by atoms with van der Waals surface area (Å²) >= 11 is 9.09. The zero-order chi connectivity index (χ0) is 20.5. The molecule has 8 nitrogen and oxygen atoms in total. The van der Waals surface area contributed by atoms with Gasteiger partial charge in [0.1, 0.15) is 16.6 Å². The third-order valence-electron chi connectivity index (χ3n) is 4.70. The third-order valence-corrected chi connectivity index (χ3v) is 7.67. The number of halogens is 2. The first kappa shape index (κ1) is 21.2. The lowest BCUT2D eigenvalue weighted by Crippen LogP contribution is -2.33. The van der Waals surface area contributed by atoms with Crippen molar-refractivity contribution in [1.29, 1.82) is 0 Å². The number of aromatic nitrogens is 3. The fourth-order valence-electron chi connectivity index (χ4n) is 3.32. The summed E-state index contributed by atoms with van der Waals surface area (Å²) in [7, 11) is -2.25. The summed E-state index contributed by atoms with van der Waals surface area (Å²) in [5, 5.41) is 4.49. The van der Waals surface area contributed by atoms with Crippen molar-refractivity contribution in [2.24, 2.45) is 0 Å². The second-order valence-electron chi connectivity index (χ2n) is 6.38. The molecule has 0 amide bonds. The first-order chi connectivity index (χ1) is 13.3. The SMILES string of the molecule is CCOC(=O)Cn1ncc2c1CCCC2N(C)S(=O)(=O)c1cnc(Cl)c(Br)c1. The standard InChI is InChI=1S/C17H20BrClN4O4S/c1-3-27-16(24)10-23-15-6-4-5-14(12(15)9-21-23)22(2)28(25,26)11-7-13(18)17(19)20-8-11/h7-9,14H,3-6,10H2,1-2H3. The molecule has 11 heteroatoms. The summed E-state index contributed by atoms with van der Waals surface area (Å²) in [5.74, 6) is -0.367. The minimum Gasteiger partial charge on any atom is -0.465 e. The number of ether oxygens (including phenoxy) is 1. The molecular weight excluding hydrogens is 472 g/mol. The van der Waals surface area contributed by atoms with Gasteiger partial charge in [0.15, 0.2) is 0 Å². The van der Waals surface area contributed by atoms with Crippen molar-refractivity contribution in [2.75, 3.05) is 13.7 Å². The van der Waals surface area contributed by atoms with Crippen molar-refractivity contribution in [1.82, 2.24) is 19.1 Å². The minimum atomic E-state index is -3.79. The molecule has 1 atom stereocenters. The van der Waals surface area contributed by atoms with E-state index in [-0.39, 0.29) is 28.6 Å². The monoisotopic (exact) mass is 490 g/mol. The van der Waals surface area contributed by atoms with Crippen LogP contribution in [-0.2, 0) is 32.5 Å². The normalized spacial score (nSPS) is 16.8. The number of rotatable bonds is 6. The number of carbonyl (C=O) groups excluding carboxylic acids is 1. The number of carbonyl (C=O) groups is 1. The Bertz CT molecular complexity index is 995. The number of nitrogens with zero attached hydrogens (tertiary/aromatic N) is 4. The van der Waals surface area contributed by atoms with Crippen LogP contribution in [0.5, 0.6) is 0 Å². The van der Waals surface area contributed by atoms with E-state index in [1.807, 2.05) is 0 Å². The lowest BCUT2D eigenvalue weighted by molar-refractivity contribution is -0.144. The van der Waals surface area contributed by atoms with Crippen LogP contribution in [0.3, 0.4) is 0 Å². The van der Waals surface area contributed by atoms with Crippen molar-refractivity contribution < 1.29 is 17.9 Å². The fraction of sp³-hybridized carbons (Fsp3) is 0.471.